The number of non-ortho nitro benzene ring substituents is 1. The number of amides is 1. The number of nitro groups is 1. The summed E-state index contributed by atoms with van der Waals surface area (Å²) in [7, 11) is 0. The molecule has 154 valence electrons. The predicted octanol–water partition coefficient (Wildman–Crippen LogP) is 3.22. The van der Waals surface area contributed by atoms with Crippen molar-refractivity contribution in [3.63, 3.8) is 0 Å². The van der Waals surface area contributed by atoms with E-state index >= 15 is 0 Å². The smallest absolute Gasteiger partial charge is 0.344 e. The third kappa shape index (κ3) is 6.91. The Hall–Kier alpha value is -3.42. The highest BCUT2D eigenvalue weighted by Gasteiger charge is 2.19. The first-order chi connectivity index (χ1) is 13.9. The van der Waals surface area contributed by atoms with E-state index in [1.54, 1.807) is 0 Å². The molecular formula is C21H24N2O6. The van der Waals surface area contributed by atoms with Gasteiger partial charge >= 0.3 is 5.97 Å². The van der Waals surface area contributed by atoms with Crippen molar-refractivity contribution in [2.75, 3.05) is 13.2 Å². The van der Waals surface area contributed by atoms with Gasteiger partial charge in [-0.15, -0.1) is 0 Å². The fourth-order valence-electron chi connectivity index (χ4n) is 2.68. The lowest BCUT2D eigenvalue weighted by Gasteiger charge is -2.18. The van der Waals surface area contributed by atoms with Crippen molar-refractivity contribution in [1.82, 2.24) is 5.32 Å². The highest BCUT2D eigenvalue weighted by molar-refractivity contribution is 5.83. The van der Waals surface area contributed by atoms with Crippen molar-refractivity contribution in [1.29, 1.82) is 0 Å². The van der Waals surface area contributed by atoms with Crippen LogP contribution >= 0.6 is 0 Å². The van der Waals surface area contributed by atoms with Gasteiger partial charge in [-0.2, -0.15) is 0 Å². The quantitative estimate of drug-likeness (QED) is 0.373. The Balaban J connectivity index is 1.76. The Morgan fingerprint density at radius 3 is 2.34 bits per heavy atom. The molecule has 0 radical (unpaired) electrons. The predicted molar refractivity (Wildman–Crippen MR) is 107 cm³/mol. The summed E-state index contributed by atoms with van der Waals surface area (Å²) in [6.07, 6.45) is -0.0992. The molecule has 8 heteroatoms. The number of rotatable bonds is 10. The standard InChI is InChI=1S/C21H24N2O6/c1-3-16(17-7-5-4-6-8-17)13-22-21(25)15(2)29-20(24)14-28-19-11-9-18(10-12-19)23(26)27/h4-12,15-16H,3,13-14H2,1-2H3,(H,22,25)/t15-,16-/m0/s1. The van der Waals surface area contributed by atoms with Gasteiger partial charge in [0.2, 0.25) is 0 Å². The minimum Gasteiger partial charge on any atom is -0.482 e. The maximum atomic E-state index is 12.2. The lowest BCUT2D eigenvalue weighted by molar-refractivity contribution is -0.384. The topological polar surface area (TPSA) is 108 Å². The molecule has 2 aromatic carbocycles. The molecule has 0 unspecified atom stereocenters. The van der Waals surface area contributed by atoms with Crippen LogP contribution in [0.5, 0.6) is 5.75 Å². The lowest BCUT2D eigenvalue weighted by atomic mass is 9.96. The van der Waals surface area contributed by atoms with E-state index in [0.717, 1.165) is 12.0 Å². The first kappa shape index (κ1) is 21.9. The number of carbonyl (C=O) groups excluding carboxylic acids is 2. The first-order valence-corrected chi connectivity index (χ1v) is 9.30. The molecule has 0 aliphatic carbocycles. The average molecular weight is 400 g/mol. The summed E-state index contributed by atoms with van der Waals surface area (Å²) in [6.45, 7) is 3.57. The van der Waals surface area contributed by atoms with Crippen molar-refractivity contribution >= 4 is 17.6 Å². The van der Waals surface area contributed by atoms with E-state index in [2.05, 4.69) is 5.32 Å². The highest BCUT2D eigenvalue weighted by atomic mass is 16.6. The number of benzene rings is 2. The Morgan fingerprint density at radius 2 is 1.76 bits per heavy atom. The van der Waals surface area contributed by atoms with Crippen molar-refractivity contribution < 1.29 is 24.0 Å². The number of esters is 1. The van der Waals surface area contributed by atoms with E-state index in [1.807, 2.05) is 37.3 Å². The largest absolute Gasteiger partial charge is 0.482 e. The zero-order chi connectivity index (χ0) is 21.2. The Morgan fingerprint density at radius 1 is 1.10 bits per heavy atom. The second kappa shape index (κ2) is 10.8. The third-order valence-electron chi connectivity index (χ3n) is 4.37. The van der Waals surface area contributed by atoms with Crippen molar-refractivity contribution in [2.45, 2.75) is 32.3 Å². The van der Waals surface area contributed by atoms with Crippen LogP contribution in [0.15, 0.2) is 54.6 Å². The molecule has 0 fully saturated rings. The van der Waals surface area contributed by atoms with Gasteiger partial charge in [-0.05, 0) is 31.0 Å². The molecule has 0 saturated heterocycles. The van der Waals surface area contributed by atoms with Crippen LogP contribution in [0.25, 0.3) is 0 Å². The summed E-state index contributed by atoms with van der Waals surface area (Å²) in [5, 5.41) is 13.4. The van der Waals surface area contributed by atoms with Gasteiger partial charge in [-0.25, -0.2) is 4.79 Å². The molecule has 0 saturated carbocycles. The number of nitrogens with one attached hydrogen (secondary N) is 1. The van der Waals surface area contributed by atoms with E-state index in [4.69, 9.17) is 9.47 Å². The normalized spacial score (nSPS) is 12.5. The zero-order valence-electron chi connectivity index (χ0n) is 16.4. The number of carbonyl (C=O) groups is 2. The monoisotopic (exact) mass is 400 g/mol. The van der Waals surface area contributed by atoms with Gasteiger partial charge in [0.05, 0.1) is 4.92 Å². The Kier molecular flexibility index (Phi) is 8.14. The molecule has 2 atom stereocenters. The second-order valence-corrected chi connectivity index (χ2v) is 6.43. The van der Waals surface area contributed by atoms with Crippen molar-refractivity contribution in [2.24, 2.45) is 0 Å². The van der Waals surface area contributed by atoms with Gasteiger partial charge in [-0.3, -0.25) is 14.9 Å². The Bertz CT molecular complexity index is 823. The zero-order valence-corrected chi connectivity index (χ0v) is 16.4. The van der Waals surface area contributed by atoms with Crippen molar-refractivity contribution in [3.8, 4) is 5.75 Å². The fraction of sp³-hybridized carbons (Fsp3) is 0.333. The molecule has 0 aliphatic rings. The van der Waals surface area contributed by atoms with Crippen molar-refractivity contribution in [3.05, 3.63) is 70.3 Å². The summed E-state index contributed by atoms with van der Waals surface area (Å²) in [5.41, 5.74) is 1.06. The molecule has 1 N–H and O–H groups in total. The van der Waals surface area contributed by atoms with Crippen LogP contribution in [0.4, 0.5) is 5.69 Å². The summed E-state index contributed by atoms with van der Waals surface area (Å²) in [6, 6.07) is 15.2. The summed E-state index contributed by atoms with van der Waals surface area (Å²) in [5.74, 6) is -0.629. The number of hydrogen-bond acceptors (Lipinski definition) is 6. The number of nitrogens with zero attached hydrogens (tertiary/aromatic N) is 1. The molecule has 1 amide bonds. The summed E-state index contributed by atoms with van der Waals surface area (Å²) >= 11 is 0. The van der Waals surface area contributed by atoms with E-state index < -0.39 is 23.6 Å². The Labute approximate surface area is 169 Å². The fourth-order valence-corrected chi connectivity index (χ4v) is 2.68. The maximum Gasteiger partial charge on any atom is 0.344 e. The maximum absolute atomic E-state index is 12.2. The molecular weight excluding hydrogens is 376 g/mol. The minimum atomic E-state index is -0.962. The van der Waals surface area contributed by atoms with Gasteiger partial charge in [0, 0.05) is 24.6 Å². The average Bonchev–Trinajstić information content (AvgIpc) is 2.73. The van der Waals surface area contributed by atoms with E-state index in [1.165, 1.54) is 31.2 Å². The van der Waals surface area contributed by atoms with E-state index in [-0.39, 0.29) is 17.5 Å². The van der Waals surface area contributed by atoms with Gasteiger partial charge in [0.25, 0.3) is 11.6 Å². The molecule has 0 heterocycles. The molecule has 8 nitrogen and oxygen atoms in total. The van der Waals surface area contributed by atoms with Crippen LogP contribution in [0.1, 0.15) is 31.7 Å². The van der Waals surface area contributed by atoms with Gasteiger partial charge < -0.3 is 14.8 Å². The van der Waals surface area contributed by atoms with Crippen LogP contribution in [-0.4, -0.2) is 36.1 Å². The molecule has 0 aromatic heterocycles. The van der Waals surface area contributed by atoms with Crippen LogP contribution in [0, 0.1) is 10.1 Å². The van der Waals surface area contributed by atoms with Crippen LogP contribution in [0.2, 0.25) is 0 Å². The molecule has 2 aromatic rings. The molecule has 0 bridgehead atoms. The molecule has 0 spiro atoms. The van der Waals surface area contributed by atoms with Gasteiger partial charge in [0.15, 0.2) is 12.7 Å². The van der Waals surface area contributed by atoms with Crippen LogP contribution < -0.4 is 10.1 Å². The molecule has 0 aliphatic heterocycles. The molecule has 29 heavy (non-hydrogen) atoms. The number of hydrogen-bond donors (Lipinski definition) is 1. The van der Waals surface area contributed by atoms with E-state index in [9.17, 15) is 19.7 Å². The van der Waals surface area contributed by atoms with Gasteiger partial charge in [-0.1, -0.05) is 37.3 Å². The minimum absolute atomic E-state index is 0.0777. The van der Waals surface area contributed by atoms with Gasteiger partial charge in [0.1, 0.15) is 5.75 Å². The third-order valence-corrected chi connectivity index (χ3v) is 4.37. The van der Waals surface area contributed by atoms with Crippen LogP contribution in [0.3, 0.4) is 0 Å². The van der Waals surface area contributed by atoms with E-state index in [0.29, 0.717) is 12.3 Å². The lowest BCUT2D eigenvalue weighted by Crippen LogP contribution is -2.38. The van der Waals surface area contributed by atoms with Crippen LogP contribution in [-0.2, 0) is 14.3 Å². The number of nitro benzene ring substituents is 1. The first-order valence-electron chi connectivity index (χ1n) is 9.30. The SMILES string of the molecule is CC[C@@H](CNC(=O)[C@H](C)OC(=O)COc1ccc([N+](=O)[O-])cc1)c1ccccc1. The summed E-state index contributed by atoms with van der Waals surface area (Å²) < 4.78 is 10.3. The number of ether oxygens (including phenoxy) is 2. The second-order valence-electron chi connectivity index (χ2n) is 6.43. The highest BCUT2D eigenvalue weighted by Crippen LogP contribution is 2.18. The summed E-state index contributed by atoms with van der Waals surface area (Å²) in [4.78, 5) is 34.2. The molecule has 2 rings (SSSR count).